The van der Waals surface area contributed by atoms with Crippen molar-refractivity contribution < 1.29 is 0 Å². The van der Waals surface area contributed by atoms with Gasteiger partial charge in [-0.3, -0.25) is 0 Å². The van der Waals surface area contributed by atoms with Crippen molar-refractivity contribution in [2.75, 3.05) is 0 Å². The smallest absolute Gasteiger partial charge is 0.0124 e. The van der Waals surface area contributed by atoms with E-state index in [9.17, 15) is 0 Å². The van der Waals surface area contributed by atoms with Crippen molar-refractivity contribution in [3.8, 4) is 0 Å². The van der Waals surface area contributed by atoms with Crippen LogP contribution >= 0.6 is 0 Å². The summed E-state index contributed by atoms with van der Waals surface area (Å²) < 4.78 is 0. The largest absolute Gasteiger partial charge is 0.103 e. The minimum Gasteiger partial charge on any atom is -0.103 e. The average Bonchev–Trinajstić information content (AvgIpc) is 2.47. The van der Waals surface area contributed by atoms with Crippen molar-refractivity contribution in [3.05, 3.63) is 59.7 Å². The zero-order valence-electron chi connectivity index (χ0n) is 12.2. The molecular weight excluding hydrogens is 228 g/mol. The fourth-order valence-electron chi connectivity index (χ4n) is 2.95. The highest BCUT2D eigenvalue weighted by molar-refractivity contribution is 5.27. The van der Waals surface area contributed by atoms with Crippen LogP contribution in [0.1, 0.15) is 62.5 Å². The van der Waals surface area contributed by atoms with Gasteiger partial charge in [-0.05, 0) is 55.6 Å². The molecular formula is C19H26. The van der Waals surface area contributed by atoms with Gasteiger partial charge >= 0.3 is 0 Å². The Balaban J connectivity index is 1.93. The van der Waals surface area contributed by atoms with Gasteiger partial charge in [0.2, 0.25) is 0 Å². The lowest BCUT2D eigenvalue weighted by Gasteiger charge is -2.22. The molecule has 0 spiro atoms. The molecule has 1 unspecified atom stereocenters. The van der Waals surface area contributed by atoms with Gasteiger partial charge in [-0.15, -0.1) is 6.58 Å². The van der Waals surface area contributed by atoms with Gasteiger partial charge in [-0.25, -0.2) is 0 Å². The predicted octanol–water partition coefficient (Wildman–Crippen LogP) is 5.80. The van der Waals surface area contributed by atoms with Crippen molar-refractivity contribution in [3.63, 3.8) is 0 Å². The fraction of sp³-hybridized carbons (Fsp3) is 0.474. The third kappa shape index (κ3) is 4.09. The van der Waals surface area contributed by atoms with E-state index in [1.807, 2.05) is 6.08 Å². The number of hydrogen-bond donors (Lipinski definition) is 0. The van der Waals surface area contributed by atoms with Crippen LogP contribution in [0.3, 0.4) is 0 Å². The first kappa shape index (κ1) is 14.1. The van der Waals surface area contributed by atoms with Crippen LogP contribution in [0.4, 0.5) is 0 Å². The molecule has 0 nitrogen and oxygen atoms in total. The highest BCUT2D eigenvalue weighted by atomic mass is 14.2. The molecule has 0 amide bonds. The lowest BCUT2D eigenvalue weighted by atomic mass is 9.83. The molecule has 102 valence electrons. The molecule has 0 aromatic heterocycles. The number of rotatable bonds is 6. The van der Waals surface area contributed by atoms with Crippen LogP contribution in [-0.4, -0.2) is 0 Å². The van der Waals surface area contributed by atoms with E-state index < -0.39 is 0 Å². The average molecular weight is 254 g/mol. The molecule has 0 fully saturated rings. The highest BCUT2D eigenvalue weighted by Gasteiger charge is 2.15. The monoisotopic (exact) mass is 254 g/mol. The molecule has 0 N–H and O–H groups in total. The second-order valence-corrected chi connectivity index (χ2v) is 5.65. The van der Waals surface area contributed by atoms with Gasteiger partial charge in [0.1, 0.15) is 0 Å². The van der Waals surface area contributed by atoms with Crippen molar-refractivity contribution in [1.82, 2.24) is 0 Å². The molecule has 1 atom stereocenters. The normalized spacial score (nSPS) is 19.0. The topological polar surface area (TPSA) is 0 Å². The van der Waals surface area contributed by atoms with Gasteiger partial charge in [-0.2, -0.15) is 0 Å². The molecule has 0 aliphatic heterocycles. The number of benzene rings is 1. The highest BCUT2D eigenvalue weighted by Crippen LogP contribution is 2.33. The van der Waals surface area contributed by atoms with Gasteiger partial charge in [-0.1, -0.05) is 55.3 Å². The Morgan fingerprint density at radius 2 is 2.00 bits per heavy atom. The number of aryl methyl sites for hydroxylation is 1. The van der Waals surface area contributed by atoms with E-state index in [-0.39, 0.29) is 0 Å². The maximum atomic E-state index is 3.80. The van der Waals surface area contributed by atoms with Crippen LogP contribution in [0.15, 0.2) is 48.6 Å². The Morgan fingerprint density at radius 3 is 2.58 bits per heavy atom. The summed E-state index contributed by atoms with van der Waals surface area (Å²) in [5.41, 5.74) is 4.64. The Hall–Kier alpha value is -1.30. The first-order valence-corrected chi connectivity index (χ1v) is 7.71. The van der Waals surface area contributed by atoms with Gasteiger partial charge in [0.25, 0.3) is 0 Å². The maximum Gasteiger partial charge on any atom is -0.0124 e. The minimum atomic E-state index is 0.739. The molecule has 1 aliphatic rings. The Morgan fingerprint density at radius 1 is 1.21 bits per heavy atom. The summed E-state index contributed by atoms with van der Waals surface area (Å²) in [6.07, 6.45) is 13.1. The lowest BCUT2D eigenvalue weighted by molar-refractivity contribution is 0.586. The third-order valence-electron chi connectivity index (χ3n) is 4.16. The zero-order chi connectivity index (χ0) is 13.5. The fourth-order valence-corrected chi connectivity index (χ4v) is 2.95. The Labute approximate surface area is 118 Å². The van der Waals surface area contributed by atoms with E-state index in [1.165, 1.54) is 49.7 Å². The van der Waals surface area contributed by atoms with Gasteiger partial charge in [0.15, 0.2) is 0 Å². The zero-order valence-corrected chi connectivity index (χ0v) is 12.2. The van der Waals surface area contributed by atoms with Crippen LogP contribution in [-0.2, 0) is 6.42 Å². The number of allylic oxidation sites excluding steroid dienone is 3. The van der Waals surface area contributed by atoms with Gasteiger partial charge < -0.3 is 0 Å². The summed E-state index contributed by atoms with van der Waals surface area (Å²) in [5.74, 6) is 0.739. The van der Waals surface area contributed by atoms with E-state index in [2.05, 4.69) is 43.8 Å². The molecule has 1 aliphatic carbocycles. The third-order valence-corrected chi connectivity index (χ3v) is 4.16. The number of hydrogen-bond acceptors (Lipinski definition) is 0. The Kier molecular flexibility index (Phi) is 5.44. The molecule has 0 saturated heterocycles. The molecule has 0 bridgehead atoms. The van der Waals surface area contributed by atoms with Gasteiger partial charge in [0, 0.05) is 0 Å². The van der Waals surface area contributed by atoms with Crippen molar-refractivity contribution >= 4 is 0 Å². The molecule has 19 heavy (non-hydrogen) atoms. The Bertz CT molecular complexity index is 422. The molecule has 0 heterocycles. The molecule has 2 rings (SSSR count). The molecule has 1 aromatic rings. The first-order valence-electron chi connectivity index (χ1n) is 7.71. The quantitative estimate of drug-likeness (QED) is 0.563. The SMILES string of the molecule is C=CCCC1=CCC(c2ccc(CCC)cc2)CC1. The van der Waals surface area contributed by atoms with Crippen LogP contribution in [0.25, 0.3) is 0 Å². The summed E-state index contributed by atoms with van der Waals surface area (Å²) in [6.45, 7) is 6.04. The van der Waals surface area contributed by atoms with Crippen LogP contribution in [0.2, 0.25) is 0 Å². The van der Waals surface area contributed by atoms with E-state index in [1.54, 1.807) is 5.57 Å². The van der Waals surface area contributed by atoms with Crippen LogP contribution < -0.4 is 0 Å². The van der Waals surface area contributed by atoms with E-state index in [4.69, 9.17) is 0 Å². The van der Waals surface area contributed by atoms with Crippen molar-refractivity contribution in [2.45, 2.75) is 57.8 Å². The van der Waals surface area contributed by atoms with E-state index >= 15 is 0 Å². The molecule has 0 radical (unpaired) electrons. The van der Waals surface area contributed by atoms with E-state index in [0.29, 0.717) is 0 Å². The lowest BCUT2D eigenvalue weighted by Crippen LogP contribution is -2.04. The second kappa shape index (κ2) is 7.33. The summed E-state index contributed by atoms with van der Waals surface area (Å²) >= 11 is 0. The first-order chi connectivity index (χ1) is 9.33. The summed E-state index contributed by atoms with van der Waals surface area (Å²) in [5, 5.41) is 0. The molecule has 0 heteroatoms. The van der Waals surface area contributed by atoms with Crippen molar-refractivity contribution in [2.24, 2.45) is 0 Å². The maximum absolute atomic E-state index is 3.80. The standard InChI is InChI=1S/C19H26/c1-3-5-7-17-10-14-19(15-11-17)18-12-8-16(6-4-2)9-13-18/h3,8-10,12-13,19H,1,4-7,11,14-15H2,2H3. The van der Waals surface area contributed by atoms with Gasteiger partial charge in [0.05, 0.1) is 0 Å². The molecule has 1 aromatic carbocycles. The second-order valence-electron chi connectivity index (χ2n) is 5.65. The van der Waals surface area contributed by atoms with Crippen molar-refractivity contribution in [1.29, 1.82) is 0 Å². The predicted molar refractivity (Wildman–Crippen MR) is 84.5 cm³/mol. The molecule has 0 saturated carbocycles. The van der Waals surface area contributed by atoms with Crippen LogP contribution in [0.5, 0.6) is 0 Å². The summed E-state index contributed by atoms with van der Waals surface area (Å²) in [6, 6.07) is 9.32. The van der Waals surface area contributed by atoms with Crippen LogP contribution in [0, 0.1) is 0 Å². The summed E-state index contributed by atoms with van der Waals surface area (Å²) in [7, 11) is 0. The summed E-state index contributed by atoms with van der Waals surface area (Å²) in [4.78, 5) is 0. The van der Waals surface area contributed by atoms with E-state index in [0.717, 1.165) is 12.3 Å². The minimum absolute atomic E-state index is 0.739.